The van der Waals surface area contributed by atoms with Gasteiger partial charge in [-0.05, 0) is 68.4 Å². The fraction of sp³-hybridized carbons (Fsp3) is 0.591. The lowest BCUT2D eigenvalue weighted by Gasteiger charge is -2.55. The Morgan fingerprint density at radius 2 is 1.90 bits per heavy atom. The minimum atomic E-state index is -0.398. The van der Waals surface area contributed by atoms with Gasteiger partial charge in [0.25, 0.3) is 0 Å². The maximum Gasteiger partial charge on any atom is 0.230 e. The molecule has 4 aliphatic carbocycles. The van der Waals surface area contributed by atoms with Crippen LogP contribution in [0.15, 0.2) is 12.1 Å². The van der Waals surface area contributed by atoms with E-state index in [1.807, 2.05) is 0 Å². The molecule has 6 nitrogen and oxygen atoms in total. The van der Waals surface area contributed by atoms with Gasteiger partial charge in [-0.25, -0.2) is 4.39 Å². The van der Waals surface area contributed by atoms with E-state index in [9.17, 15) is 9.18 Å². The van der Waals surface area contributed by atoms with Crippen LogP contribution in [0.5, 0.6) is 5.75 Å². The van der Waals surface area contributed by atoms with Gasteiger partial charge < -0.3 is 14.8 Å². The molecule has 5 aliphatic rings. The van der Waals surface area contributed by atoms with Gasteiger partial charge in [0.05, 0.1) is 13.0 Å². The van der Waals surface area contributed by atoms with Gasteiger partial charge in [0.1, 0.15) is 16.6 Å². The van der Waals surface area contributed by atoms with E-state index in [1.54, 1.807) is 0 Å². The van der Waals surface area contributed by atoms with Gasteiger partial charge in [-0.3, -0.25) is 4.79 Å². The van der Waals surface area contributed by atoms with E-state index in [2.05, 4.69) is 15.5 Å². The number of fused-ring (bicyclic) bond motifs is 1. The van der Waals surface area contributed by atoms with Gasteiger partial charge in [-0.1, -0.05) is 11.3 Å². The van der Waals surface area contributed by atoms with E-state index in [0.717, 1.165) is 22.8 Å². The van der Waals surface area contributed by atoms with Crippen LogP contribution in [0.4, 0.5) is 9.52 Å². The summed E-state index contributed by atoms with van der Waals surface area (Å²) in [6, 6.07) is 2.74. The van der Waals surface area contributed by atoms with Crippen molar-refractivity contribution in [2.45, 2.75) is 57.0 Å². The highest BCUT2D eigenvalue weighted by atomic mass is 32.1. The lowest BCUT2D eigenvalue weighted by Crippen LogP contribution is -2.48. The first kappa shape index (κ1) is 18.7. The van der Waals surface area contributed by atoms with Crippen LogP contribution in [0, 0.1) is 23.6 Å². The summed E-state index contributed by atoms with van der Waals surface area (Å²) in [6.45, 7) is 0.393. The van der Waals surface area contributed by atoms with Crippen molar-refractivity contribution in [1.29, 1.82) is 0 Å². The topological polar surface area (TPSA) is 73.3 Å². The Bertz CT molecular complexity index is 972. The molecule has 2 aromatic rings. The highest BCUT2D eigenvalue weighted by Gasteiger charge is 2.53. The number of anilines is 1. The van der Waals surface area contributed by atoms with Gasteiger partial charge in [0.2, 0.25) is 11.0 Å². The number of aromatic nitrogens is 2. The summed E-state index contributed by atoms with van der Waals surface area (Å²) in [5.41, 5.74) is 1.32. The zero-order valence-corrected chi connectivity index (χ0v) is 17.5. The Hall–Kier alpha value is -2.06. The molecule has 0 unspecified atom stereocenters. The summed E-state index contributed by atoms with van der Waals surface area (Å²) in [6.07, 6.45) is 7.82. The first-order chi connectivity index (χ1) is 14.6. The quantitative estimate of drug-likeness (QED) is 0.789. The van der Waals surface area contributed by atoms with Gasteiger partial charge in [-0.15, -0.1) is 10.2 Å². The largest absolute Gasteiger partial charge is 0.467 e. The predicted octanol–water partition coefficient (Wildman–Crippen LogP) is 4.19. The predicted molar refractivity (Wildman–Crippen MR) is 109 cm³/mol. The van der Waals surface area contributed by atoms with Crippen LogP contribution in [0.2, 0.25) is 0 Å². The number of halogens is 1. The average Bonchev–Trinajstić information content (AvgIpc) is 3.16. The van der Waals surface area contributed by atoms with Gasteiger partial charge in [0.15, 0.2) is 6.79 Å². The van der Waals surface area contributed by atoms with Crippen molar-refractivity contribution in [3.63, 3.8) is 0 Å². The number of carbonyl (C=O) groups excluding carboxylic acids is 1. The fourth-order valence-corrected chi connectivity index (χ4v) is 7.56. The molecule has 4 saturated carbocycles. The lowest BCUT2D eigenvalue weighted by molar-refractivity contribution is -0.115. The maximum absolute atomic E-state index is 13.9. The van der Waals surface area contributed by atoms with E-state index in [1.165, 1.54) is 62.0 Å². The molecule has 2 heterocycles. The average molecular weight is 430 g/mol. The van der Waals surface area contributed by atoms with Crippen molar-refractivity contribution in [3.8, 4) is 5.75 Å². The first-order valence-corrected chi connectivity index (χ1v) is 11.5. The second-order valence-corrected chi connectivity index (χ2v) is 10.5. The third kappa shape index (κ3) is 3.21. The lowest BCUT2D eigenvalue weighted by atomic mass is 9.50. The van der Waals surface area contributed by atoms with Crippen molar-refractivity contribution in [2.75, 3.05) is 12.1 Å². The van der Waals surface area contributed by atoms with E-state index >= 15 is 0 Å². The zero-order valence-electron chi connectivity index (χ0n) is 16.7. The van der Waals surface area contributed by atoms with E-state index in [-0.39, 0.29) is 31.1 Å². The van der Waals surface area contributed by atoms with Crippen molar-refractivity contribution >= 4 is 22.4 Å². The molecule has 0 spiro atoms. The number of rotatable bonds is 4. The SMILES string of the molecule is O=C(Cc1cc(F)cc2c1OCOC2)Nc1nnc(C23CC4CC(CC(C4)C2)C3)s1. The number of benzene rings is 1. The fourth-order valence-electron chi connectivity index (χ4n) is 6.59. The number of nitrogens with zero attached hydrogens (tertiary/aromatic N) is 2. The summed E-state index contributed by atoms with van der Waals surface area (Å²) in [7, 11) is 0. The summed E-state index contributed by atoms with van der Waals surface area (Å²) in [5, 5.41) is 13.3. The second kappa shape index (κ2) is 6.99. The van der Waals surface area contributed by atoms with Crippen molar-refractivity contribution < 1.29 is 18.7 Å². The van der Waals surface area contributed by atoms with E-state index in [0.29, 0.717) is 22.0 Å². The van der Waals surface area contributed by atoms with Crippen LogP contribution >= 0.6 is 11.3 Å². The molecule has 4 fully saturated rings. The monoisotopic (exact) mass is 429 g/mol. The smallest absolute Gasteiger partial charge is 0.230 e. The summed E-state index contributed by atoms with van der Waals surface area (Å²) in [4.78, 5) is 12.7. The minimum absolute atomic E-state index is 0.0202. The number of hydrogen-bond donors (Lipinski definition) is 1. The van der Waals surface area contributed by atoms with Crippen LogP contribution in [-0.2, 0) is 28.0 Å². The number of amides is 1. The van der Waals surface area contributed by atoms with Crippen LogP contribution in [0.25, 0.3) is 0 Å². The minimum Gasteiger partial charge on any atom is -0.467 e. The Morgan fingerprint density at radius 3 is 2.63 bits per heavy atom. The number of nitrogens with one attached hydrogen (secondary N) is 1. The van der Waals surface area contributed by atoms with Crippen molar-refractivity contribution in [3.05, 3.63) is 34.1 Å². The molecule has 7 rings (SSSR count). The molecule has 4 bridgehead atoms. The van der Waals surface area contributed by atoms with Crippen molar-refractivity contribution in [2.24, 2.45) is 17.8 Å². The molecule has 0 atom stereocenters. The third-order valence-electron chi connectivity index (χ3n) is 7.27. The molecular formula is C22H24FN3O3S. The molecule has 1 amide bonds. The molecule has 158 valence electrons. The molecule has 30 heavy (non-hydrogen) atoms. The molecule has 8 heteroatoms. The van der Waals surface area contributed by atoms with E-state index in [4.69, 9.17) is 9.47 Å². The highest BCUT2D eigenvalue weighted by Crippen LogP contribution is 2.61. The Labute approximate surface area is 178 Å². The molecule has 1 N–H and O–H groups in total. The maximum atomic E-state index is 13.9. The summed E-state index contributed by atoms with van der Waals surface area (Å²) >= 11 is 1.51. The van der Waals surface area contributed by atoms with Crippen LogP contribution in [0.1, 0.15) is 54.7 Å². The number of carbonyl (C=O) groups is 1. The van der Waals surface area contributed by atoms with Crippen LogP contribution < -0.4 is 10.1 Å². The normalized spacial score (nSPS) is 31.3. The highest BCUT2D eigenvalue weighted by molar-refractivity contribution is 7.15. The molecule has 1 aliphatic heterocycles. The second-order valence-electron chi connectivity index (χ2n) is 9.50. The van der Waals surface area contributed by atoms with Crippen LogP contribution in [-0.4, -0.2) is 22.9 Å². The number of hydrogen-bond acceptors (Lipinski definition) is 6. The Balaban J connectivity index is 1.18. The van der Waals surface area contributed by atoms with Gasteiger partial charge >= 0.3 is 0 Å². The van der Waals surface area contributed by atoms with E-state index < -0.39 is 5.82 Å². The number of ether oxygens (including phenoxy) is 2. The third-order valence-corrected chi connectivity index (χ3v) is 8.35. The zero-order chi connectivity index (χ0) is 20.3. The van der Waals surface area contributed by atoms with Gasteiger partial charge in [0, 0.05) is 16.5 Å². The molecule has 0 saturated heterocycles. The molecule has 0 radical (unpaired) electrons. The first-order valence-electron chi connectivity index (χ1n) is 10.7. The van der Waals surface area contributed by atoms with Crippen LogP contribution in [0.3, 0.4) is 0 Å². The molecular weight excluding hydrogens is 405 g/mol. The Kier molecular flexibility index (Phi) is 4.35. The van der Waals surface area contributed by atoms with Crippen molar-refractivity contribution in [1.82, 2.24) is 10.2 Å². The summed E-state index contributed by atoms with van der Waals surface area (Å²) < 4.78 is 24.6. The van der Waals surface area contributed by atoms with Gasteiger partial charge in [-0.2, -0.15) is 0 Å². The molecule has 1 aromatic heterocycles. The molecule has 1 aromatic carbocycles. The summed E-state index contributed by atoms with van der Waals surface area (Å²) in [5.74, 6) is 2.41. The standard InChI is InChI=1S/C22H24FN3O3S/c23-17-4-15(19-16(5-17)10-28-11-29-19)6-18(27)24-21-26-25-20(30-21)22-7-12-1-13(8-22)3-14(2-12)9-22/h4-5,12-14H,1-3,6-11H2,(H,24,26,27). The Morgan fingerprint density at radius 1 is 1.17 bits per heavy atom.